The van der Waals surface area contributed by atoms with E-state index in [0.29, 0.717) is 30.5 Å². The van der Waals surface area contributed by atoms with Gasteiger partial charge in [0, 0.05) is 36.0 Å². The van der Waals surface area contributed by atoms with Gasteiger partial charge < -0.3 is 20.5 Å². The molecule has 3 amide bonds. The lowest BCUT2D eigenvalue weighted by Gasteiger charge is -2.53. The van der Waals surface area contributed by atoms with Gasteiger partial charge in [-0.05, 0) is 44.7 Å². The molecular weight excluding hydrogens is 456 g/mol. The highest BCUT2D eigenvalue weighted by Crippen LogP contribution is 2.49. The normalized spacial score (nSPS) is 27.9. The molecule has 3 aliphatic heterocycles. The third kappa shape index (κ3) is 4.03. The number of aryl methyl sites for hydroxylation is 1. The molecule has 10 heteroatoms. The van der Waals surface area contributed by atoms with Crippen LogP contribution < -0.4 is 10.6 Å². The third-order valence-corrected chi connectivity index (χ3v) is 7.62. The third-order valence-electron chi connectivity index (χ3n) is 7.62. The minimum Gasteiger partial charge on any atom is -0.358 e. The number of halogens is 2. The zero-order valence-electron chi connectivity index (χ0n) is 19.3. The number of amides is 3. The van der Waals surface area contributed by atoms with Crippen LogP contribution in [0.5, 0.6) is 0 Å². The van der Waals surface area contributed by atoms with Gasteiger partial charge in [-0.2, -0.15) is 5.26 Å². The summed E-state index contributed by atoms with van der Waals surface area (Å²) in [5, 5.41) is 15.7. The number of aromatic amines is 1. The fraction of sp³-hybridized carbons (Fsp3) is 0.520. The molecule has 4 aliphatic rings. The minimum atomic E-state index is -3.09. The number of H-pyrrole nitrogens is 1. The number of alkyl halides is 2. The first-order chi connectivity index (χ1) is 16.7. The second-order valence-corrected chi connectivity index (χ2v) is 9.88. The van der Waals surface area contributed by atoms with Gasteiger partial charge in [0.15, 0.2) is 0 Å². The van der Waals surface area contributed by atoms with Crippen molar-refractivity contribution in [2.45, 2.75) is 63.1 Å². The lowest BCUT2D eigenvalue weighted by Crippen LogP contribution is -2.68. The fourth-order valence-corrected chi connectivity index (χ4v) is 5.97. The van der Waals surface area contributed by atoms with Crippen molar-refractivity contribution in [2.75, 3.05) is 6.54 Å². The summed E-state index contributed by atoms with van der Waals surface area (Å²) in [6.45, 7) is 2.36. The van der Waals surface area contributed by atoms with E-state index in [0.717, 1.165) is 11.1 Å². The zero-order valence-corrected chi connectivity index (χ0v) is 19.3. The van der Waals surface area contributed by atoms with E-state index in [4.69, 9.17) is 0 Å². The number of benzene rings is 1. The molecule has 1 aromatic carbocycles. The number of nitrogens with zero attached hydrogens (tertiary/aromatic N) is 2. The highest BCUT2D eigenvalue weighted by atomic mass is 19.3. The Labute approximate surface area is 201 Å². The maximum Gasteiger partial charge on any atom is 0.256 e. The monoisotopic (exact) mass is 483 g/mol. The van der Waals surface area contributed by atoms with Gasteiger partial charge in [-0.15, -0.1) is 0 Å². The highest BCUT2D eigenvalue weighted by Gasteiger charge is 2.60. The number of rotatable bonds is 5. The Morgan fingerprint density at radius 3 is 2.80 bits per heavy atom. The van der Waals surface area contributed by atoms with Crippen LogP contribution in [0, 0.1) is 30.1 Å². The second kappa shape index (κ2) is 8.63. The molecule has 5 atom stereocenters. The summed E-state index contributed by atoms with van der Waals surface area (Å²) in [5.74, 6) is -6.29. The van der Waals surface area contributed by atoms with Crippen LogP contribution in [-0.4, -0.2) is 58.2 Å². The molecule has 2 bridgehead atoms. The first-order valence-corrected chi connectivity index (χ1v) is 12.0. The summed E-state index contributed by atoms with van der Waals surface area (Å²) in [6.07, 6.45) is 0.660. The quantitative estimate of drug-likeness (QED) is 0.606. The first-order valence-electron chi connectivity index (χ1n) is 12.0. The van der Waals surface area contributed by atoms with E-state index in [2.05, 4.69) is 15.6 Å². The Kier molecular flexibility index (Phi) is 5.74. The summed E-state index contributed by atoms with van der Waals surface area (Å²) in [7, 11) is 0. The second-order valence-electron chi connectivity index (χ2n) is 9.88. The van der Waals surface area contributed by atoms with Crippen molar-refractivity contribution in [3.8, 4) is 6.07 Å². The molecule has 3 saturated heterocycles. The van der Waals surface area contributed by atoms with Gasteiger partial charge in [-0.3, -0.25) is 14.4 Å². The number of nitrogens with one attached hydrogen (secondary N) is 3. The van der Waals surface area contributed by atoms with Crippen LogP contribution >= 0.6 is 0 Å². The predicted molar refractivity (Wildman–Crippen MR) is 122 cm³/mol. The molecule has 0 spiro atoms. The lowest BCUT2D eigenvalue weighted by molar-refractivity contribution is -0.179. The van der Waals surface area contributed by atoms with E-state index in [9.17, 15) is 28.4 Å². The molecule has 6 rings (SSSR count). The minimum absolute atomic E-state index is 0.0975. The van der Waals surface area contributed by atoms with Crippen molar-refractivity contribution in [1.82, 2.24) is 20.5 Å². The van der Waals surface area contributed by atoms with E-state index in [1.54, 1.807) is 12.1 Å². The molecule has 2 aromatic rings. The first kappa shape index (κ1) is 23.3. The lowest BCUT2D eigenvalue weighted by atomic mass is 9.71. The van der Waals surface area contributed by atoms with Crippen molar-refractivity contribution in [2.24, 2.45) is 11.8 Å². The maximum atomic E-state index is 15.0. The van der Waals surface area contributed by atoms with E-state index in [1.807, 2.05) is 25.1 Å². The predicted octanol–water partition coefficient (Wildman–Crippen LogP) is 2.64. The number of hydrogen-bond acceptors (Lipinski definition) is 4. The number of fused-ring (bicyclic) bond motifs is 4. The number of aromatic nitrogens is 1. The summed E-state index contributed by atoms with van der Waals surface area (Å²) in [4.78, 5) is 43.6. The number of nitriles is 1. The SMILES string of the molecule is Cc1cc2cccc(C(=O)N3[C@H]4CC[C@@H]([C@H]3C(=O)N[C@@H](C#N)C[C@@H]3CCNC3=O)C(F)(F)C4)c2[nH]1. The van der Waals surface area contributed by atoms with Crippen molar-refractivity contribution in [1.29, 1.82) is 5.26 Å². The fourth-order valence-electron chi connectivity index (χ4n) is 5.97. The Morgan fingerprint density at radius 2 is 2.11 bits per heavy atom. The van der Waals surface area contributed by atoms with E-state index >= 15 is 0 Å². The number of para-hydroxylation sites is 1. The van der Waals surface area contributed by atoms with Crippen LogP contribution in [0.4, 0.5) is 8.78 Å². The molecule has 8 nitrogen and oxygen atoms in total. The highest BCUT2D eigenvalue weighted by molar-refractivity contribution is 6.07. The molecule has 0 radical (unpaired) electrons. The Hall–Kier alpha value is -3.48. The van der Waals surface area contributed by atoms with Crippen LogP contribution in [0.15, 0.2) is 24.3 Å². The van der Waals surface area contributed by atoms with Crippen LogP contribution in [0.2, 0.25) is 0 Å². The molecule has 4 heterocycles. The van der Waals surface area contributed by atoms with Crippen molar-refractivity contribution in [3.05, 3.63) is 35.5 Å². The van der Waals surface area contributed by atoms with E-state index in [-0.39, 0.29) is 18.7 Å². The Bertz CT molecular complexity index is 1240. The van der Waals surface area contributed by atoms with E-state index < -0.39 is 54.1 Å². The van der Waals surface area contributed by atoms with Gasteiger partial charge >= 0.3 is 0 Å². The molecular formula is C25H27F2N5O3. The molecule has 3 N–H and O–H groups in total. The largest absolute Gasteiger partial charge is 0.358 e. The molecule has 0 unspecified atom stereocenters. The zero-order chi connectivity index (χ0) is 24.9. The average molecular weight is 484 g/mol. The van der Waals surface area contributed by atoms with Crippen molar-refractivity contribution >= 4 is 28.6 Å². The average Bonchev–Trinajstić information content (AvgIpc) is 3.40. The molecule has 1 saturated carbocycles. The smallest absolute Gasteiger partial charge is 0.256 e. The molecule has 1 aromatic heterocycles. The van der Waals surface area contributed by atoms with Crippen LogP contribution in [0.3, 0.4) is 0 Å². The topological polar surface area (TPSA) is 118 Å². The van der Waals surface area contributed by atoms with Gasteiger partial charge in [0.05, 0.1) is 23.1 Å². The molecule has 184 valence electrons. The Morgan fingerprint density at radius 1 is 1.31 bits per heavy atom. The van der Waals surface area contributed by atoms with Gasteiger partial charge in [0.2, 0.25) is 11.8 Å². The number of hydrogen-bond donors (Lipinski definition) is 3. The summed E-state index contributed by atoms with van der Waals surface area (Å²) in [5.41, 5.74) is 1.78. The summed E-state index contributed by atoms with van der Waals surface area (Å²) < 4.78 is 29.9. The van der Waals surface area contributed by atoms with Crippen molar-refractivity contribution < 1.29 is 23.2 Å². The van der Waals surface area contributed by atoms with E-state index in [1.165, 1.54) is 4.90 Å². The van der Waals surface area contributed by atoms with Gasteiger partial charge in [0.25, 0.3) is 11.8 Å². The van der Waals surface area contributed by atoms with Gasteiger partial charge in [-0.25, -0.2) is 8.78 Å². The molecule has 35 heavy (non-hydrogen) atoms. The van der Waals surface area contributed by atoms with Gasteiger partial charge in [0.1, 0.15) is 12.1 Å². The molecule has 1 aliphatic carbocycles. The molecule has 4 fully saturated rings. The van der Waals surface area contributed by atoms with Gasteiger partial charge in [-0.1, -0.05) is 12.1 Å². The standard InChI is InChI=1S/C25H27F2N5O3/c1-13-9-14-3-2-4-18(20(14)30-13)24(35)32-17-5-6-19(25(26,27)11-17)21(32)23(34)31-16(12-28)10-15-7-8-29-22(15)33/h2-4,9,15-17,19,21,30H,5-8,10-11H2,1H3,(H,29,33)(H,31,34)/t15-,16+,17-,19-,21-/m0/s1. The number of piperidine rings is 2. The summed E-state index contributed by atoms with van der Waals surface area (Å²) >= 11 is 0. The van der Waals surface area contributed by atoms with Crippen LogP contribution in [0.1, 0.15) is 48.2 Å². The summed E-state index contributed by atoms with van der Waals surface area (Å²) in [6, 6.07) is 5.88. The number of carbonyl (C=O) groups is 3. The van der Waals surface area contributed by atoms with Crippen LogP contribution in [-0.2, 0) is 9.59 Å². The van der Waals surface area contributed by atoms with Crippen LogP contribution in [0.25, 0.3) is 10.9 Å². The number of carbonyl (C=O) groups excluding carboxylic acids is 3. The maximum absolute atomic E-state index is 15.0. The van der Waals surface area contributed by atoms with Crippen molar-refractivity contribution in [3.63, 3.8) is 0 Å². The Balaban J connectivity index is 1.45.